The van der Waals surface area contributed by atoms with Crippen LogP contribution in [0.15, 0.2) is 36.5 Å². The number of likely N-dealkylation sites (tertiary alicyclic amines) is 1. The zero-order valence-electron chi connectivity index (χ0n) is 12.1. The van der Waals surface area contributed by atoms with Crippen LogP contribution in [0, 0.1) is 0 Å². The summed E-state index contributed by atoms with van der Waals surface area (Å²) in [7, 11) is 0. The molecule has 0 aromatic carbocycles. The van der Waals surface area contributed by atoms with Crippen molar-refractivity contribution in [3.8, 4) is 0 Å². The molecular formula is C15H23NO3. The van der Waals surface area contributed by atoms with Crippen LogP contribution in [-0.4, -0.2) is 40.4 Å². The number of ether oxygens (including phenoxy) is 1. The quantitative estimate of drug-likeness (QED) is 0.798. The van der Waals surface area contributed by atoms with E-state index in [-0.39, 0.29) is 13.1 Å². The largest absolute Gasteiger partial charge is 0.444 e. The molecule has 0 aliphatic carbocycles. The van der Waals surface area contributed by atoms with Gasteiger partial charge in [0.25, 0.3) is 0 Å². The molecule has 1 saturated heterocycles. The molecule has 1 rings (SSSR count). The van der Waals surface area contributed by atoms with Crippen molar-refractivity contribution in [2.45, 2.75) is 38.9 Å². The highest BCUT2D eigenvalue weighted by molar-refractivity contribution is 5.70. The average molecular weight is 265 g/mol. The summed E-state index contributed by atoms with van der Waals surface area (Å²) in [5.41, 5.74) is -0.823. The van der Waals surface area contributed by atoms with Crippen LogP contribution < -0.4 is 0 Å². The van der Waals surface area contributed by atoms with E-state index < -0.39 is 17.3 Å². The second-order valence-corrected chi connectivity index (χ2v) is 5.72. The molecular weight excluding hydrogens is 242 g/mol. The van der Waals surface area contributed by atoms with Crippen molar-refractivity contribution in [3.05, 3.63) is 36.5 Å². The molecule has 1 heterocycles. The van der Waals surface area contributed by atoms with Crippen molar-refractivity contribution in [3.63, 3.8) is 0 Å². The van der Waals surface area contributed by atoms with Gasteiger partial charge in [0.15, 0.2) is 0 Å². The second-order valence-electron chi connectivity index (χ2n) is 5.72. The number of hydrogen-bond donors (Lipinski definition) is 1. The lowest BCUT2D eigenvalue weighted by Gasteiger charge is -2.47. The smallest absolute Gasteiger partial charge is 0.410 e. The van der Waals surface area contributed by atoms with Crippen LogP contribution in [0.25, 0.3) is 0 Å². The Morgan fingerprint density at radius 1 is 1.42 bits per heavy atom. The first-order chi connectivity index (χ1) is 8.72. The number of rotatable bonds is 3. The zero-order chi connectivity index (χ0) is 14.7. The minimum atomic E-state index is -1.02. The normalized spacial score (nSPS) is 19.2. The molecule has 4 heteroatoms. The Kier molecular flexibility index (Phi) is 4.58. The molecule has 0 spiro atoms. The Bertz CT molecular complexity index is 410. The van der Waals surface area contributed by atoms with Crippen molar-refractivity contribution >= 4 is 6.09 Å². The zero-order valence-corrected chi connectivity index (χ0v) is 12.1. The molecule has 1 amide bonds. The third-order valence-electron chi connectivity index (χ3n) is 2.78. The molecule has 0 atom stereocenters. The van der Waals surface area contributed by atoms with Gasteiger partial charge in [0.1, 0.15) is 11.2 Å². The summed E-state index contributed by atoms with van der Waals surface area (Å²) in [4.78, 5) is 13.3. The summed E-state index contributed by atoms with van der Waals surface area (Å²) in [5, 5.41) is 10.4. The first kappa shape index (κ1) is 15.5. The fourth-order valence-electron chi connectivity index (χ4n) is 1.84. The van der Waals surface area contributed by atoms with Gasteiger partial charge in [-0.3, -0.25) is 0 Å². The van der Waals surface area contributed by atoms with E-state index >= 15 is 0 Å². The third-order valence-corrected chi connectivity index (χ3v) is 2.78. The summed E-state index contributed by atoms with van der Waals surface area (Å²) >= 11 is 0. The summed E-state index contributed by atoms with van der Waals surface area (Å²) in [6, 6.07) is 0. The van der Waals surface area contributed by atoms with Crippen LogP contribution in [0.3, 0.4) is 0 Å². The maximum Gasteiger partial charge on any atom is 0.410 e. The van der Waals surface area contributed by atoms with E-state index in [1.807, 2.05) is 39.8 Å². The molecule has 0 radical (unpaired) electrons. The number of hydrogen-bond acceptors (Lipinski definition) is 3. The van der Waals surface area contributed by atoms with E-state index in [2.05, 4.69) is 6.58 Å². The molecule has 4 nitrogen and oxygen atoms in total. The minimum Gasteiger partial charge on any atom is -0.444 e. The Balaban J connectivity index is 2.64. The molecule has 19 heavy (non-hydrogen) atoms. The minimum absolute atomic E-state index is 0.233. The predicted molar refractivity (Wildman–Crippen MR) is 75.9 cm³/mol. The number of carbonyl (C=O) groups is 1. The van der Waals surface area contributed by atoms with Crippen LogP contribution in [0.4, 0.5) is 4.79 Å². The standard InChI is InChI=1S/C15H23NO3/c1-6-8-9-12(7-2)15(18)10-16(11-15)13(17)19-14(3,4)5/h6-9,18H,2,10-11H2,1,3-5H3/b8-6-,12-9+. The Morgan fingerprint density at radius 3 is 2.42 bits per heavy atom. The summed E-state index contributed by atoms with van der Waals surface area (Å²) < 4.78 is 5.25. The Hall–Kier alpha value is -1.55. The van der Waals surface area contributed by atoms with Crippen molar-refractivity contribution in [1.29, 1.82) is 0 Å². The highest BCUT2D eigenvalue weighted by Gasteiger charge is 2.46. The average Bonchev–Trinajstić information content (AvgIpc) is 2.23. The van der Waals surface area contributed by atoms with Crippen LogP contribution in [0.2, 0.25) is 0 Å². The summed E-state index contributed by atoms with van der Waals surface area (Å²) in [6.07, 6.45) is 6.74. The van der Waals surface area contributed by atoms with E-state index in [0.29, 0.717) is 5.57 Å². The van der Waals surface area contributed by atoms with E-state index in [0.717, 1.165) is 0 Å². The number of amides is 1. The van der Waals surface area contributed by atoms with Gasteiger partial charge in [-0.1, -0.05) is 30.9 Å². The number of nitrogens with zero attached hydrogens (tertiary/aromatic N) is 1. The molecule has 0 aromatic rings. The highest BCUT2D eigenvalue weighted by Crippen LogP contribution is 2.30. The predicted octanol–water partition coefficient (Wildman–Crippen LogP) is 2.66. The van der Waals surface area contributed by atoms with E-state index in [4.69, 9.17) is 4.74 Å². The maximum absolute atomic E-state index is 11.8. The van der Waals surface area contributed by atoms with E-state index in [1.54, 1.807) is 12.2 Å². The Labute approximate surface area is 115 Å². The fourth-order valence-corrected chi connectivity index (χ4v) is 1.84. The molecule has 1 aliphatic rings. The molecule has 1 aliphatic heterocycles. The Morgan fingerprint density at radius 2 is 2.00 bits per heavy atom. The SMILES string of the molecule is C=C/C(=C\C=C/C)C1(O)CN(C(=O)OC(C)(C)C)C1. The lowest BCUT2D eigenvalue weighted by Crippen LogP contribution is -2.64. The number of β-amino-alcohol motifs (C(OH)–C–C–N with tert-alkyl or cyclic N) is 1. The molecule has 0 bridgehead atoms. The van der Waals surface area contributed by atoms with Crippen LogP contribution in [-0.2, 0) is 4.74 Å². The lowest BCUT2D eigenvalue weighted by atomic mass is 9.85. The van der Waals surface area contributed by atoms with E-state index in [1.165, 1.54) is 4.90 Å². The van der Waals surface area contributed by atoms with Gasteiger partial charge in [0.2, 0.25) is 0 Å². The van der Waals surface area contributed by atoms with Gasteiger partial charge in [-0.2, -0.15) is 0 Å². The van der Waals surface area contributed by atoms with E-state index in [9.17, 15) is 9.90 Å². The van der Waals surface area contributed by atoms with Gasteiger partial charge in [-0.15, -0.1) is 0 Å². The first-order valence-electron chi connectivity index (χ1n) is 6.38. The molecule has 1 N–H and O–H groups in total. The second kappa shape index (κ2) is 5.61. The first-order valence-corrected chi connectivity index (χ1v) is 6.38. The van der Waals surface area contributed by atoms with Gasteiger partial charge in [-0.05, 0) is 33.3 Å². The van der Waals surface area contributed by atoms with Crippen molar-refractivity contribution in [2.75, 3.05) is 13.1 Å². The van der Waals surface area contributed by atoms with Gasteiger partial charge in [0, 0.05) is 0 Å². The van der Waals surface area contributed by atoms with Crippen molar-refractivity contribution in [1.82, 2.24) is 4.90 Å². The molecule has 106 valence electrons. The highest BCUT2D eigenvalue weighted by atomic mass is 16.6. The topological polar surface area (TPSA) is 49.8 Å². The van der Waals surface area contributed by atoms with Gasteiger partial charge < -0.3 is 14.7 Å². The van der Waals surface area contributed by atoms with Gasteiger partial charge >= 0.3 is 6.09 Å². The van der Waals surface area contributed by atoms with Gasteiger partial charge in [-0.25, -0.2) is 4.79 Å². The van der Waals surface area contributed by atoms with Crippen molar-refractivity contribution < 1.29 is 14.6 Å². The number of aliphatic hydroxyl groups is 1. The van der Waals surface area contributed by atoms with Crippen molar-refractivity contribution in [2.24, 2.45) is 0 Å². The lowest BCUT2D eigenvalue weighted by molar-refractivity contribution is -0.0737. The fraction of sp³-hybridized carbons (Fsp3) is 0.533. The molecule has 0 unspecified atom stereocenters. The monoisotopic (exact) mass is 265 g/mol. The summed E-state index contributed by atoms with van der Waals surface area (Å²) in [6.45, 7) is 11.5. The maximum atomic E-state index is 11.8. The van der Waals surface area contributed by atoms with Gasteiger partial charge in [0.05, 0.1) is 13.1 Å². The van der Waals surface area contributed by atoms with Crippen LogP contribution in [0.1, 0.15) is 27.7 Å². The molecule has 0 aromatic heterocycles. The number of carbonyl (C=O) groups excluding carboxylic acids is 1. The summed E-state index contributed by atoms with van der Waals surface area (Å²) in [5.74, 6) is 0. The number of allylic oxidation sites excluding steroid dienone is 3. The molecule has 0 saturated carbocycles. The molecule has 1 fully saturated rings. The van der Waals surface area contributed by atoms with Crippen LogP contribution in [0.5, 0.6) is 0 Å². The third kappa shape index (κ3) is 3.96. The van der Waals surface area contributed by atoms with Crippen LogP contribution >= 0.6 is 0 Å².